The molecule has 5 nitrogen and oxygen atoms in total. The van der Waals surface area contributed by atoms with Crippen LogP contribution in [-0.4, -0.2) is 33.2 Å². The number of carbonyl (C=O) groups excluding carboxylic acids is 1. The summed E-state index contributed by atoms with van der Waals surface area (Å²) in [4.78, 5) is 10.0. The third kappa shape index (κ3) is 3.60. The molecule has 0 aliphatic heterocycles. The predicted molar refractivity (Wildman–Crippen MR) is 83.4 cm³/mol. The molecule has 128 valence electrons. The van der Waals surface area contributed by atoms with Crippen molar-refractivity contribution in [3.8, 4) is 5.75 Å². The maximum Gasteiger partial charge on any atom is 0.243 e. The van der Waals surface area contributed by atoms with Crippen LogP contribution in [0, 0.1) is 11.6 Å². The fourth-order valence-electron chi connectivity index (χ4n) is 2.08. The van der Waals surface area contributed by atoms with Crippen molar-refractivity contribution in [2.75, 3.05) is 14.2 Å². The molecule has 2 aromatic rings. The average Bonchev–Trinajstić information content (AvgIpc) is 2.55. The number of carbonyl (C=O) groups is 1. The molecular formula is C16H15F2NO4S. The molecule has 0 fully saturated rings. The van der Waals surface area contributed by atoms with Crippen LogP contribution in [0.3, 0.4) is 0 Å². The average molecular weight is 355 g/mol. The molecule has 0 atom stereocenters. The second-order valence-electron chi connectivity index (χ2n) is 5.03. The maximum atomic E-state index is 13.6. The van der Waals surface area contributed by atoms with E-state index in [2.05, 4.69) is 0 Å². The van der Waals surface area contributed by atoms with Gasteiger partial charge in [-0.15, -0.1) is 0 Å². The number of benzene rings is 2. The highest BCUT2D eigenvalue weighted by atomic mass is 32.2. The van der Waals surface area contributed by atoms with Crippen LogP contribution < -0.4 is 4.74 Å². The van der Waals surface area contributed by atoms with Crippen molar-refractivity contribution in [2.45, 2.75) is 11.4 Å². The Morgan fingerprint density at radius 1 is 1.12 bits per heavy atom. The zero-order chi connectivity index (χ0) is 17.9. The number of halogens is 2. The third-order valence-corrected chi connectivity index (χ3v) is 5.22. The molecule has 0 aromatic heterocycles. The monoisotopic (exact) mass is 355 g/mol. The lowest BCUT2D eigenvalue weighted by Crippen LogP contribution is -2.26. The Morgan fingerprint density at radius 3 is 2.12 bits per heavy atom. The quantitative estimate of drug-likeness (QED) is 0.747. The van der Waals surface area contributed by atoms with Crippen LogP contribution >= 0.6 is 0 Å². The van der Waals surface area contributed by atoms with Gasteiger partial charge in [0, 0.05) is 13.6 Å². The normalized spacial score (nSPS) is 11.5. The van der Waals surface area contributed by atoms with E-state index in [-0.39, 0.29) is 12.8 Å². The van der Waals surface area contributed by atoms with Crippen molar-refractivity contribution in [2.24, 2.45) is 0 Å². The summed E-state index contributed by atoms with van der Waals surface area (Å²) < 4.78 is 58.2. The summed E-state index contributed by atoms with van der Waals surface area (Å²) in [6.45, 7) is 0.00496. The third-order valence-electron chi connectivity index (χ3n) is 3.44. The van der Waals surface area contributed by atoms with E-state index >= 15 is 0 Å². The Labute approximate surface area is 138 Å². The second-order valence-corrected chi connectivity index (χ2v) is 7.07. The first-order valence-corrected chi connectivity index (χ1v) is 8.27. The summed E-state index contributed by atoms with van der Waals surface area (Å²) in [6.07, 6.45) is 0.00212. The molecular weight excluding hydrogens is 340 g/mol. The van der Waals surface area contributed by atoms with E-state index in [4.69, 9.17) is 4.74 Å². The molecule has 0 bridgehead atoms. The van der Waals surface area contributed by atoms with Crippen LogP contribution in [0.15, 0.2) is 41.3 Å². The van der Waals surface area contributed by atoms with Gasteiger partial charge in [0.2, 0.25) is 10.0 Å². The highest BCUT2D eigenvalue weighted by molar-refractivity contribution is 7.89. The number of nitrogens with zero attached hydrogens (tertiary/aromatic N) is 1. The highest BCUT2D eigenvalue weighted by Crippen LogP contribution is 2.22. The predicted octanol–water partition coefficient (Wildman–Crippen LogP) is 2.61. The van der Waals surface area contributed by atoms with Gasteiger partial charge in [0.25, 0.3) is 0 Å². The van der Waals surface area contributed by atoms with Gasteiger partial charge in [0.1, 0.15) is 17.4 Å². The van der Waals surface area contributed by atoms with E-state index in [1.165, 1.54) is 14.2 Å². The Morgan fingerprint density at radius 2 is 1.67 bits per heavy atom. The van der Waals surface area contributed by atoms with E-state index in [0.717, 1.165) is 4.31 Å². The molecule has 0 saturated carbocycles. The molecule has 0 N–H and O–H groups in total. The summed E-state index contributed by atoms with van der Waals surface area (Å²) in [5.41, 5.74) is -0.126. The van der Waals surface area contributed by atoms with Gasteiger partial charge in [0.05, 0.1) is 17.6 Å². The molecule has 24 heavy (non-hydrogen) atoms. The largest absolute Gasteiger partial charge is 0.497 e. The second kappa shape index (κ2) is 7.06. The van der Waals surface area contributed by atoms with E-state index in [1.54, 1.807) is 24.3 Å². The maximum absolute atomic E-state index is 13.6. The number of hydrogen-bond acceptors (Lipinski definition) is 4. The Balaban J connectivity index is 2.30. The first-order chi connectivity index (χ1) is 11.3. The molecule has 0 heterocycles. The SMILES string of the molecule is COc1ccc(CN(C)S(=O)(=O)c2cc(F)c(C=O)c(F)c2)cc1. The Kier molecular flexibility index (Phi) is 5.30. The number of sulfonamides is 1. The molecule has 0 amide bonds. The molecule has 0 saturated heterocycles. The number of methoxy groups -OCH3 is 1. The summed E-state index contributed by atoms with van der Waals surface area (Å²) >= 11 is 0. The first kappa shape index (κ1) is 18.0. The van der Waals surface area contributed by atoms with Crippen molar-refractivity contribution in [1.82, 2.24) is 4.31 Å². The zero-order valence-electron chi connectivity index (χ0n) is 13.0. The van der Waals surface area contributed by atoms with Gasteiger partial charge in [-0.25, -0.2) is 17.2 Å². The lowest BCUT2D eigenvalue weighted by atomic mass is 10.2. The molecule has 0 radical (unpaired) electrons. The number of rotatable bonds is 6. The highest BCUT2D eigenvalue weighted by Gasteiger charge is 2.24. The van der Waals surface area contributed by atoms with Crippen LogP contribution in [0.4, 0.5) is 8.78 Å². The van der Waals surface area contributed by atoms with Crippen LogP contribution in [0.25, 0.3) is 0 Å². The van der Waals surface area contributed by atoms with E-state index < -0.39 is 32.1 Å². The van der Waals surface area contributed by atoms with Crippen LogP contribution in [0.2, 0.25) is 0 Å². The molecule has 2 rings (SSSR count). The minimum absolute atomic E-state index is 0.00212. The molecule has 0 aliphatic rings. The van der Waals surface area contributed by atoms with Crippen molar-refractivity contribution < 1.29 is 26.7 Å². The Hall–Kier alpha value is -2.32. The fourth-order valence-corrected chi connectivity index (χ4v) is 3.26. The van der Waals surface area contributed by atoms with Gasteiger partial charge in [0.15, 0.2) is 6.29 Å². The molecule has 0 aliphatic carbocycles. The van der Waals surface area contributed by atoms with Gasteiger partial charge < -0.3 is 4.74 Å². The first-order valence-electron chi connectivity index (χ1n) is 6.83. The summed E-state index contributed by atoms with van der Waals surface area (Å²) in [5.74, 6) is -1.82. The lowest BCUT2D eigenvalue weighted by Gasteiger charge is -2.18. The van der Waals surface area contributed by atoms with E-state index in [1.807, 2.05) is 0 Å². The van der Waals surface area contributed by atoms with Gasteiger partial charge in [-0.1, -0.05) is 12.1 Å². The van der Waals surface area contributed by atoms with Crippen molar-refractivity contribution in [3.63, 3.8) is 0 Å². The van der Waals surface area contributed by atoms with Gasteiger partial charge in [-0.3, -0.25) is 4.79 Å². The standard InChI is InChI=1S/C16H15F2NO4S/c1-19(9-11-3-5-12(23-2)6-4-11)24(21,22)13-7-15(17)14(10-20)16(18)8-13/h3-8,10H,9H2,1-2H3. The summed E-state index contributed by atoms with van der Waals surface area (Å²) in [7, 11) is -1.31. The summed E-state index contributed by atoms with van der Waals surface area (Å²) in [5, 5.41) is 0. The summed E-state index contributed by atoms with van der Waals surface area (Å²) in [6, 6.07) is 7.98. The number of aldehydes is 1. The Bertz CT molecular complexity index is 828. The van der Waals surface area contributed by atoms with Crippen molar-refractivity contribution in [1.29, 1.82) is 0 Å². The van der Waals surface area contributed by atoms with Crippen molar-refractivity contribution in [3.05, 3.63) is 59.2 Å². The fraction of sp³-hybridized carbons (Fsp3) is 0.188. The van der Waals surface area contributed by atoms with Gasteiger partial charge in [-0.2, -0.15) is 4.31 Å². The minimum atomic E-state index is -4.12. The minimum Gasteiger partial charge on any atom is -0.497 e. The van der Waals surface area contributed by atoms with Gasteiger partial charge >= 0.3 is 0 Å². The van der Waals surface area contributed by atoms with Crippen LogP contribution in [0.1, 0.15) is 15.9 Å². The molecule has 0 unspecified atom stereocenters. The van der Waals surface area contributed by atoms with E-state index in [9.17, 15) is 22.0 Å². The number of hydrogen-bond donors (Lipinski definition) is 0. The zero-order valence-corrected chi connectivity index (χ0v) is 13.8. The van der Waals surface area contributed by atoms with Crippen LogP contribution in [-0.2, 0) is 16.6 Å². The molecule has 2 aromatic carbocycles. The molecule has 0 spiro atoms. The van der Waals surface area contributed by atoms with Crippen LogP contribution in [0.5, 0.6) is 5.75 Å². The number of ether oxygens (including phenoxy) is 1. The smallest absolute Gasteiger partial charge is 0.243 e. The van der Waals surface area contributed by atoms with E-state index in [0.29, 0.717) is 23.4 Å². The van der Waals surface area contributed by atoms with Crippen molar-refractivity contribution >= 4 is 16.3 Å². The molecule has 8 heteroatoms. The van der Waals surface area contributed by atoms with Gasteiger partial charge in [-0.05, 0) is 29.8 Å². The lowest BCUT2D eigenvalue weighted by molar-refractivity contribution is 0.111. The topological polar surface area (TPSA) is 63.7 Å².